The van der Waals surface area contributed by atoms with E-state index in [4.69, 9.17) is 9.47 Å². The van der Waals surface area contributed by atoms with Gasteiger partial charge in [0.25, 0.3) is 0 Å². The molecule has 2 aromatic carbocycles. The molecule has 43 heavy (non-hydrogen) atoms. The number of ether oxygens (including phenoxy) is 2. The minimum Gasteiger partial charge on any atom is -0.496 e. The van der Waals surface area contributed by atoms with Crippen molar-refractivity contribution in [2.75, 3.05) is 13.7 Å². The van der Waals surface area contributed by atoms with Crippen molar-refractivity contribution in [1.82, 2.24) is 9.88 Å². The first-order valence-corrected chi connectivity index (χ1v) is 15.2. The molecule has 8 nitrogen and oxygen atoms in total. The SMILES string of the molecule is COc1cc(F)ccc1-c1c(OS(=O)(=O)C(F)(F)F)nc(-c2ccc3c(c2)CCN(C(=O)OC(C)(C)C)C3)c2ccsc12. The molecule has 0 radical (unpaired) electrons. The zero-order valence-corrected chi connectivity index (χ0v) is 25.0. The highest BCUT2D eigenvalue weighted by Gasteiger charge is 2.49. The van der Waals surface area contributed by atoms with Gasteiger partial charge < -0.3 is 18.6 Å². The summed E-state index contributed by atoms with van der Waals surface area (Å²) in [6.07, 6.45) is 0.0367. The second-order valence-electron chi connectivity index (χ2n) is 10.8. The van der Waals surface area contributed by atoms with Crippen LogP contribution in [0.15, 0.2) is 47.8 Å². The lowest BCUT2D eigenvalue weighted by molar-refractivity contribution is -0.0501. The average molecular weight is 639 g/mol. The lowest BCUT2D eigenvalue weighted by Gasteiger charge is -2.31. The van der Waals surface area contributed by atoms with Crippen LogP contribution in [-0.4, -0.2) is 49.2 Å². The predicted octanol–water partition coefficient (Wildman–Crippen LogP) is 7.30. The number of pyridine rings is 1. The van der Waals surface area contributed by atoms with E-state index >= 15 is 0 Å². The maximum atomic E-state index is 14.0. The Kier molecular flexibility index (Phi) is 7.80. The van der Waals surface area contributed by atoms with Crippen LogP contribution in [0.1, 0.15) is 31.9 Å². The van der Waals surface area contributed by atoms with Crippen molar-refractivity contribution in [3.63, 3.8) is 0 Å². The first-order chi connectivity index (χ1) is 20.1. The Morgan fingerprint density at radius 2 is 1.79 bits per heavy atom. The van der Waals surface area contributed by atoms with Crippen LogP contribution in [0.3, 0.4) is 0 Å². The maximum Gasteiger partial charge on any atom is 0.534 e. The number of halogens is 4. The van der Waals surface area contributed by atoms with Gasteiger partial charge >= 0.3 is 21.7 Å². The third-order valence-electron chi connectivity index (χ3n) is 6.62. The first-order valence-electron chi connectivity index (χ1n) is 12.9. The topological polar surface area (TPSA) is 95.0 Å². The van der Waals surface area contributed by atoms with Crippen molar-refractivity contribution in [2.45, 2.75) is 44.8 Å². The third kappa shape index (κ3) is 6.11. The molecule has 4 aromatic rings. The van der Waals surface area contributed by atoms with Gasteiger partial charge in [-0.1, -0.05) is 12.1 Å². The maximum absolute atomic E-state index is 14.0. The highest BCUT2D eigenvalue weighted by atomic mass is 32.2. The Labute approximate surface area is 248 Å². The van der Waals surface area contributed by atoms with E-state index in [2.05, 4.69) is 9.17 Å². The van der Waals surface area contributed by atoms with E-state index in [1.54, 1.807) is 55.3 Å². The molecule has 2 aromatic heterocycles. The Morgan fingerprint density at radius 3 is 2.47 bits per heavy atom. The Bertz CT molecular complexity index is 1830. The van der Waals surface area contributed by atoms with Crippen LogP contribution in [-0.2, 0) is 27.8 Å². The van der Waals surface area contributed by atoms with Crippen LogP contribution in [0.5, 0.6) is 11.6 Å². The molecule has 0 saturated carbocycles. The summed E-state index contributed by atoms with van der Waals surface area (Å²) in [6.45, 7) is 6.02. The van der Waals surface area contributed by atoms with E-state index in [0.717, 1.165) is 34.6 Å². The van der Waals surface area contributed by atoms with Gasteiger partial charge in [0.1, 0.15) is 17.2 Å². The molecule has 3 heterocycles. The number of hydrogen-bond acceptors (Lipinski definition) is 8. The number of thiophene rings is 1. The van der Waals surface area contributed by atoms with Crippen molar-refractivity contribution in [3.05, 3.63) is 64.8 Å². The number of carbonyl (C=O) groups excluding carboxylic acids is 1. The van der Waals surface area contributed by atoms with E-state index in [-0.39, 0.29) is 22.6 Å². The summed E-state index contributed by atoms with van der Waals surface area (Å²) in [6, 6.07) is 10.3. The largest absolute Gasteiger partial charge is 0.534 e. The minimum absolute atomic E-state index is 0.0539. The summed E-state index contributed by atoms with van der Waals surface area (Å²) < 4.78 is 94.5. The molecular weight excluding hydrogens is 612 g/mol. The van der Waals surface area contributed by atoms with Gasteiger partial charge in [0.05, 0.1) is 18.4 Å². The fourth-order valence-electron chi connectivity index (χ4n) is 4.73. The lowest BCUT2D eigenvalue weighted by Crippen LogP contribution is -2.39. The van der Waals surface area contributed by atoms with Gasteiger partial charge in [-0.05, 0) is 68.0 Å². The number of rotatable bonds is 5. The zero-order chi connectivity index (χ0) is 31.3. The number of carbonyl (C=O) groups is 1. The van der Waals surface area contributed by atoms with Gasteiger partial charge in [-0.2, -0.15) is 21.6 Å². The zero-order valence-electron chi connectivity index (χ0n) is 23.4. The van der Waals surface area contributed by atoms with Gasteiger partial charge in [-0.25, -0.2) is 14.2 Å². The molecule has 0 saturated heterocycles. The summed E-state index contributed by atoms with van der Waals surface area (Å²) in [4.78, 5) is 18.5. The van der Waals surface area contributed by atoms with Crippen LogP contribution in [0.25, 0.3) is 32.5 Å². The molecule has 14 heteroatoms. The summed E-state index contributed by atoms with van der Waals surface area (Å²) in [5.74, 6) is -1.56. The van der Waals surface area contributed by atoms with Crippen LogP contribution >= 0.6 is 11.3 Å². The summed E-state index contributed by atoms with van der Waals surface area (Å²) >= 11 is 1.12. The van der Waals surface area contributed by atoms with Crippen molar-refractivity contribution in [3.8, 4) is 34.0 Å². The molecule has 0 bridgehead atoms. The Hall–Kier alpha value is -3.91. The van der Waals surface area contributed by atoms with Crippen LogP contribution in [0, 0.1) is 5.82 Å². The van der Waals surface area contributed by atoms with Gasteiger partial charge in [0, 0.05) is 40.4 Å². The van der Waals surface area contributed by atoms with Gasteiger partial charge in [-0.15, -0.1) is 11.3 Å². The standard InChI is InChI=1S/C29H26F4N2O6S2/c1-28(2,3)40-27(36)35-11-9-16-13-17(5-6-18(16)15-35)24-21-10-12-42-25(21)23(20-8-7-19(30)14-22(20)39-4)26(34-24)41-43(37,38)29(31,32)33/h5-8,10,12-14H,9,11,15H2,1-4H3. The van der Waals surface area contributed by atoms with E-state index in [1.165, 1.54) is 13.2 Å². The van der Waals surface area contributed by atoms with E-state index < -0.39 is 39.0 Å². The number of hydrogen-bond donors (Lipinski definition) is 0. The molecule has 0 fully saturated rings. The van der Waals surface area contributed by atoms with Gasteiger partial charge in [-0.3, -0.25) is 0 Å². The van der Waals surface area contributed by atoms with Gasteiger partial charge in [0.2, 0.25) is 5.88 Å². The summed E-state index contributed by atoms with van der Waals surface area (Å²) in [5.41, 5.74) is -3.95. The molecule has 0 aliphatic carbocycles. The molecule has 0 N–H and O–H groups in total. The number of methoxy groups -OCH3 is 1. The van der Waals surface area contributed by atoms with E-state index in [0.29, 0.717) is 35.2 Å². The molecule has 1 amide bonds. The number of nitrogens with zero attached hydrogens (tertiary/aromatic N) is 2. The van der Waals surface area contributed by atoms with Crippen molar-refractivity contribution in [2.24, 2.45) is 0 Å². The number of aromatic nitrogens is 1. The first kappa shape index (κ1) is 30.5. The normalized spacial score (nSPS) is 14.0. The van der Waals surface area contributed by atoms with Crippen LogP contribution in [0.4, 0.5) is 22.4 Å². The molecule has 0 spiro atoms. The summed E-state index contributed by atoms with van der Waals surface area (Å²) in [5, 5.41) is 2.18. The van der Waals surface area contributed by atoms with E-state index in [1.807, 2.05) is 0 Å². The number of fused-ring (bicyclic) bond motifs is 2. The Morgan fingerprint density at radius 1 is 1.05 bits per heavy atom. The molecular formula is C29H26F4N2O6S2. The molecule has 5 rings (SSSR count). The highest BCUT2D eigenvalue weighted by Crippen LogP contribution is 2.47. The molecule has 1 aliphatic rings. The number of benzene rings is 2. The lowest BCUT2D eigenvalue weighted by atomic mass is 9.95. The smallest absolute Gasteiger partial charge is 0.496 e. The quantitative estimate of drug-likeness (QED) is 0.129. The van der Waals surface area contributed by atoms with E-state index in [9.17, 15) is 30.8 Å². The third-order valence-corrected chi connectivity index (χ3v) is 8.50. The van der Waals surface area contributed by atoms with Crippen molar-refractivity contribution >= 4 is 37.6 Å². The fraction of sp³-hybridized carbons (Fsp3) is 0.310. The second-order valence-corrected chi connectivity index (χ2v) is 13.2. The van der Waals surface area contributed by atoms with Crippen molar-refractivity contribution < 1.29 is 44.4 Å². The molecule has 1 aliphatic heterocycles. The monoisotopic (exact) mass is 638 g/mol. The van der Waals surface area contributed by atoms with Crippen molar-refractivity contribution in [1.29, 1.82) is 0 Å². The Balaban J connectivity index is 1.64. The molecule has 228 valence electrons. The number of alkyl halides is 3. The van der Waals surface area contributed by atoms with Crippen LogP contribution < -0.4 is 8.92 Å². The second kappa shape index (κ2) is 11.0. The average Bonchev–Trinajstić information content (AvgIpc) is 3.40. The van der Waals surface area contributed by atoms with Gasteiger partial charge in [0.15, 0.2) is 0 Å². The summed E-state index contributed by atoms with van der Waals surface area (Å²) in [7, 11) is -4.88. The predicted molar refractivity (Wildman–Crippen MR) is 153 cm³/mol. The minimum atomic E-state index is -6.12. The molecule has 0 unspecified atom stereocenters. The molecule has 0 atom stereocenters. The highest BCUT2D eigenvalue weighted by molar-refractivity contribution is 7.88. The van der Waals surface area contributed by atoms with Crippen LogP contribution in [0.2, 0.25) is 0 Å². The fourth-order valence-corrected chi connectivity index (χ4v) is 6.10. The number of amides is 1.